The average molecular weight is 447 g/mol. The molecule has 4 rings (SSSR count). The van der Waals surface area contributed by atoms with Gasteiger partial charge in [-0.15, -0.1) is 0 Å². The van der Waals surface area contributed by atoms with E-state index in [0.717, 1.165) is 10.8 Å². The van der Waals surface area contributed by atoms with Gasteiger partial charge in [-0.3, -0.25) is 9.10 Å². The van der Waals surface area contributed by atoms with Crippen LogP contribution >= 0.6 is 0 Å². The largest absolute Gasteiger partial charge is 0.497 e. The van der Waals surface area contributed by atoms with Crippen molar-refractivity contribution in [3.05, 3.63) is 96.6 Å². The Morgan fingerprint density at radius 1 is 0.844 bits per heavy atom. The van der Waals surface area contributed by atoms with E-state index in [0.29, 0.717) is 22.7 Å². The molecule has 0 heterocycles. The van der Waals surface area contributed by atoms with Crippen LogP contribution in [0.2, 0.25) is 0 Å². The number of carbonyl (C=O) groups is 1. The molecule has 0 saturated carbocycles. The molecular weight excluding hydrogens is 424 g/mol. The van der Waals surface area contributed by atoms with Gasteiger partial charge in [-0.2, -0.15) is 0 Å². The Kier molecular flexibility index (Phi) is 5.83. The van der Waals surface area contributed by atoms with Crippen molar-refractivity contribution in [1.29, 1.82) is 0 Å². The van der Waals surface area contributed by atoms with Crippen molar-refractivity contribution in [3.63, 3.8) is 0 Å². The highest BCUT2D eigenvalue weighted by Gasteiger charge is 2.21. The summed E-state index contributed by atoms with van der Waals surface area (Å²) in [5.74, 6) is 0.306. The topological polar surface area (TPSA) is 75.7 Å². The number of carbonyl (C=O) groups excluding carboxylic acids is 1. The minimum atomic E-state index is -3.74. The van der Waals surface area contributed by atoms with Crippen LogP contribution in [0.4, 0.5) is 11.4 Å². The van der Waals surface area contributed by atoms with Crippen molar-refractivity contribution in [3.8, 4) is 5.75 Å². The van der Waals surface area contributed by atoms with Gasteiger partial charge < -0.3 is 10.1 Å². The maximum Gasteiger partial charge on any atom is 0.264 e. The molecule has 0 aliphatic carbocycles. The number of anilines is 2. The predicted molar refractivity (Wildman–Crippen MR) is 127 cm³/mol. The van der Waals surface area contributed by atoms with Crippen LogP contribution in [0.5, 0.6) is 5.75 Å². The highest BCUT2D eigenvalue weighted by Crippen LogP contribution is 2.25. The molecule has 0 spiro atoms. The Morgan fingerprint density at radius 2 is 1.50 bits per heavy atom. The minimum absolute atomic E-state index is 0.152. The van der Waals surface area contributed by atoms with Gasteiger partial charge in [0.1, 0.15) is 5.75 Å². The first-order chi connectivity index (χ1) is 15.4. The molecule has 0 fully saturated rings. The van der Waals surface area contributed by atoms with E-state index < -0.39 is 10.0 Å². The number of methoxy groups -OCH3 is 1. The van der Waals surface area contributed by atoms with E-state index in [1.54, 1.807) is 36.4 Å². The van der Waals surface area contributed by atoms with Gasteiger partial charge >= 0.3 is 0 Å². The molecule has 4 aromatic carbocycles. The van der Waals surface area contributed by atoms with Gasteiger partial charge in [0.25, 0.3) is 15.9 Å². The summed E-state index contributed by atoms with van der Waals surface area (Å²) < 4.78 is 32.1. The second-order valence-corrected chi connectivity index (χ2v) is 9.18. The Hall–Kier alpha value is -3.84. The summed E-state index contributed by atoms with van der Waals surface area (Å²) in [7, 11) is -0.745. The SMILES string of the molecule is COc1ccc(S(=O)(=O)N(C)c2ccc(C(=O)Nc3ccc4ccccc4c3)cc2)cc1. The number of nitrogens with one attached hydrogen (secondary N) is 1. The third kappa shape index (κ3) is 4.29. The van der Waals surface area contributed by atoms with Crippen LogP contribution in [0.1, 0.15) is 10.4 Å². The molecule has 32 heavy (non-hydrogen) atoms. The van der Waals surface area contributed by atoms with Gasteiger partial charge in [0.2, 0.25) is 0 Å². The summed E-state index contributed by atoms with van der Waals surface area (Å²) in [4.78, 5) is 12.8. The first kappa shape index (κ1) is 21.4. The molecule has 6 nitrogen and oxygen atoms in total. The van der Waals surface area contributed by atoms with E-state index in [-0.39, 0.29) is 10.8 Å². The standard InChI is InChI=1S/C25H22N2O4S/c1-27(32(29,30)24-15-13-23(31-2)14-16-24)22-11-8-19(9-12-22)25(28)26-21-10-7-18-5-3-4-6-20(18)17-21/h3-17H,1-2H3,(H,26,28). The number of nitrogens with zero attached hydrogens (tertiary/aromatic N) is 1. The summed E-state index contributed by atoms with van der Waals surface area (Å²) in [6.45, 7) is 0. The number of amides is 1. The lowest BCUT2D eigenvalue weighted by Crippen LogP contribution is -2.26. The zero-order valence-electron chi connectivity index (χ0n) is 17.6. The number of rotatable bonds is 6. The lowest BCUT2D eigenvalue weighted by atomic mass is 10.1. The molecule has 4 aromatic rings. The van der Waals surface area contributed by atoms with Gasteiger partial charge in [0, 0.05) is 18.3 Å². The molecule has 0 aromatic heterocycles. The van der Waals surface area contributed by atoms with Crippen molar-refractivity contribution in [1.82, 2.24) is 0 Å². The van der Waals surface area contributed by atoms with Crippen molar-refractivity contribution in [2.75, 3.05) is 23.8 Å². The molecule has 0 radical (unpaired) electrons. The minimum Gasteiger partial charge on any atom is -0.497 e. The summed E-state index contributed by atoms with van der Waals surface area (Å²) >= 11 is 0. The Bertz CT molecular complexity index is 1370. The van der Waals surface area contributed by atoms with E-state index in [9.17, 15) is 13.2 Å². The number of hydrogen-bond acceptors (Lipinski definition) is 4. The Balaban J connectivity index is 1.50. The van der Waals surface area contributed by atoms with Crippen LogP contribution in [0, 0.1) is 0 Å². The first-order valence-corrected chi connectivity index (χ1v) is 11.4. The Morgan fingerprint density at radius 3 is 2.16 bits per heavy atom. The van der Waals surface area contributed by atoms with Gasteiger partial charge in [-0.1, -0.05) is 30.3 Å². The Labute approximate surface area is 187 Å². The number of benzene rings is 4. The number of hydrogen-bond donors (Lipinski definition) is 1. The highest BCUT2D eigenvalue weighted by atomic mass is 32.2. The lowest BCUT2D eigenvalue weighted by Gasteiger charge is -2.20. The summed E-state index contributed by atoms with van der Waals surface area (Å²) in [6.07, 6.45) is 0. The van der Waals surface area contributed by atoms with Gasteiger partial charge in [-0.05, 0) is 71.4 Å². The third-order valence-corrected chi connectivity index (χ3v) is 7.02. The normalized spacial score (nSPS) is 11.2. The zero-order valence-corrected chi connectivity index (χ0v) is 18.5. The third-order valence-electron chi connectivity index (χ3n) is 5.22. The van der Waals surface area contributed by atoms with Gasteiger partial charge in [0.15, 0.2) is 0 Å². The fourth-order valence-corrected chi connectivity index (χ4v) is 4.53. The number of ether oxygens (including phenoxy) is 1. The van der Waals surface area contributed by atoms with E-state index in [1.807, 2.05) is 42.5 Å². The smallest absolute Gasteiger partial charge is 0.264 e. The monoisotopic (exact) mass is 446 g/mol. The van der Waals surface area contributed by atoms with Crippen molar-refractivity contribution >= 4 is 38.1 Å². The first-order valence-electron chi connectivity index (χ1n) is 9.92. The highest BCUT2D eigenvalue weighted by molar-refractivity contribution is 7.92. The van der Waals surface area contributed by atoms with Crippen molar-refractivity contribution in [2.45, 2.75) is 4.90 Å². The van der Waals surface area contributed by atoms with Crippen molar-refractivity contribution in [2.24, 2.45) is 0 Å². The van der Waals surface area contributed by atoms with Crippen LogP contribution in [-0.4, -0.2) is 28.5 Å². The maximum absolute atomic E-state index is 12.9. The van der Waals surface area contributed by atoms with Crippen LogP contribution in [0.25, 0.3) is 10.8 Å². The molecule has 0 aliphatic rings. The molecule has 1 N–H and O–H groups in total. The molecule has 0 atom stereocenters. The van der Waals surface area contributed by atoms with E-state index in [1.165, 1.54) is 30.6 Å². The molecule has 0 unspecified atom stereocenters. The second-order valence-electron chi connectivity index (χ2n) is 7.21. The van der Waals surface area contributed by atoms with E-state index >= 15 is 0 Å². The average Bonchev–Trinajstić information content (AvgIpc) is 2.83. The summed E-state index contributed by atoms with van der Waals surface area (Å²) in [5.41, 5.74) is 1.57. The number of fused-ring (bicyclic) bond motifs is 1. The fraction of sp³-hybridized carbons (Fsp3) is 0.0800. The zero-order chi connectivity index (χ0) is 22.7. The molecule has 1 amide bonds. The predicted octanol–water partition coefficient (Wildman–Crippen LogP) is 4.93. The number of sulfonamides is 1. The molecule has 0 saturated heterocycles. The summed E-state index contributed by atoms with van der Waals surface area (Å²) in [5, 5.41) is 5.01. The molecule has 7 heteroatoms. The van der Waals surface area contributed by atoms with Gasteiger partial charge in [0.05, 0.1) is 17.7 Å². The second kappa shape index (κ2) is 8.72. The van der Waals surface area contributed by atoms with Crippen LogP contribution < -0.4 is 14.4 Å². The molecule has 0 bridgehead atoms. The lowest BCUT2D eigenvalue weighted by molar-refractivity contribution is 0.102. The maximum atomic E-state index is 12.9. The molecular formula is C25H22N2O4S. The van der Waals surface area contributed by atoms with E-state index in [2.05, 4.69) is 5.32 Å². The van der Waals surface area contributed by atoms with Gasteiger partial charge in [-0.25, -0.2) is 8.42 Å². The van der Waals surface area contributed by atoms with Crippen molar-refractivity contribution < 1.29 is 17.9 Å². The molecule has 162 valence electrons. The van der Waals surface area contributed by atoms with Crippen LogP contribution in [0.15, 0.2) is 95.9 Å². The van der Waals surface area contributed by atoms with E-state index in [4.69, 9.17) is 4.74 Å². The fourth-order valence-electron chi connectivity index (χ4n) is 3.34. The van der Waals surface area contributed by atoms with Crippen LogP contribution in [0.3, 0.4) is 0 Å². The summed E-state index contributed by atoms with van der Waals surface area (Å²) in [6, 6.07) is 26.2. The molecule has 0 aliphatic heterocycles. The van der Waals surface area contributed by atoms with Crippen LogP contribution in [-0.2, 0) is 10.0 Å². The quantitative estimate of drug-likeness (QED) is 0.456.